The lowest BCUT2D eigenvalue weighted by molar-refractivity contribution is 0.274. The van der Waals surface area contributed by atoms with E-state index in [1.54, 1.807) is 26.1 Å². The largest absolute Gasteiger partial charge is 0.356 e. The van der Waals surface area contributed by atoms with Crippen molar-refractivity contribution in [2.45, 2.75) is 32.7 Å². The second kappa shape index (κ2) is 8.81. The maximum Gasteiger partial charge on any atom is 0.211 e. The Morgan fingerprint density at radius 2 is 2.04 bits per heavy atom. The number of sulfonamides is 1. The third-order valence-electron chi connectivity index (χ3n) is 4.87. The zero-order valence-corrected chi connectivity index (χ0v) is 16.7. The molecule has 0 aliphatic carbocycles. The Morgan fingerprint density at radius 3 is 2.58 bits per heavy atom. The molecule has 1 fully saturated rings. The van der Waals surface area contributed by atoms with Crippen molar-refractivity contribution in [3.05, 3.63) is 35.1 Å². The number of hydrogen-bond donors (Lipinski definition) is 2. The predicted octanol–water partition coefficient (Wildman–Crippen LogP) is 2.03. The van der Waals surface area contributed by atoms with Gasteiger partial charge in [0.15, 0.2) is 5.96 Å². The number of piperidine rings is 1. The van der Waals surface area contributed by atoms with Crippen molar-refractivity contribution in [3.63, 3.8) is 0 Å². The van der Waals surface area contributed by atoms with Crippen LogP contribution < -0.4 is 10.6 Å². The van der Waals surface area contributed by atoms with E-state index in [0.717, 1.165) is 24.9 Å². The lowest BCUT2D eigenvalue weighted by atomic mass is 9.98. The highest BCUT2D eigenvalue weighted by atomic mass is 32.2. The standard InChI is InChI=1S/C18H29FN4O2S/c1-13-5-6-16(11-17(13)19)14(2)22-18(20-3)21-12-15-7-9-23(10-8-15)26(4,24)25/h5-6,11,14-15H,7-10,12H2,1-4H3,(H2,20,21,22). The number of aryl methyl sites for hydroxylation is 1. The molecule has 146 valence electrons. The van der Waals surface area contributed by atoms with Crippen LogP contribution >= 0.6 is 0 Å². The molecule has 2 N–H and O–H groups in total. The van der Waals surface area contributed by atoms with Gasteiger partial charge in [-0.2, -0.15) is 0 Å². The fraction of sp³-hybridized carbons (Fsp3) is 0.611. The van der Waals surface area contributed by atoms with E-state index in [-0.39, 0.29) is 11.9 Å². The maximum atomic E-state index is 13.7. The summed E-state index contributed by atoms with van der Waals surface area (Å²) >= 11 is 0. The number of guanidine groups is 1. The molecule has 1 aliphatic rings. The summed E-state index contributed by atoms with van der Waals surface area (Å²) in [5, 5.41) is 6.56. The van der Waals surface area contributed by atoms with Gasteiger partial charge in [0.05, 0.1) is 12.3 Å². The highest BCUT2D eigenvalue weighted by molar-refractivity contribution is 7.88. The van der Waals surface area contributed by atoms with E-state index >= 15 is 0 Å². The molecular formula is C18H29FN4O2S. The zero-order chi connectivity index (χ0) is 19.3. The summed E-state index contributed by atoms with van der Waals surface area (Å²) in [5.41, 5.74) is 1.49. The predicted molar refractivity (Wildman–Crippen MR) is 103 cm³/mol. The van der Waals surface area contributed by atoms with Crippen molar-refractivity contribution in [2.75, 3.05) is 32.9 Å². The van der Waals surface area contributed by atoms with Crippen LogP contribution in [0.15, 0.2) is 23.2 Å². The minimum atomic E-state index is -3.09. The van der Waals surface area contributed by atoms with Crippen molar-refractivity contribution in [1.82, 2.24) is 14.9 Å². The van der Waals surface area contributed by atoms with Crippen LogP contribution in [0.4, 0.5) is 4.39 Å². The van der Waals surface area contributed by atoms with Gasteiger partial charge in [-0.25, -0.2) is 17.1 Å². The summed E-state index contributed by atoms with van der Waals surface area (Å²) in [6, 6.07) is 5.14. The Kier molecular flexibility index (Phi) is 7.00. The lowest BCUT2D eigenvalue weighted by Gasteiger charge is -2.30. The first kappa shape index (κ1) is 20.6. The van der Waals surface area contributed by atoms with Crippen LogP contribution in [-0.4, -0.2) is 51.6 Å². The topological polar surface area (TPSA) is 73.8 Å². The Bertz CT molecular complexity index is 744. The number of aliphatic imine (C=N–C) groups is 1. The number of nitrogens with zero attached hydrogens (tertiary/aromatic N) is 2. The zero-order valence-electron chi connectivity index (χ0n) is 15.9. The first-order valence-corrected chi connectivity index (χ1v) is 10.7. The molecule has 1 aromatic rings. The van der Waals surface area contributed by atoms with Gasteiger partial charge in [-0.15, -0.1) is 0 Å². The first-order valence-electron chi connectivity index (χ1n) is 8.89. The van der Waals surface area contributed by atoms with Crippen molar-refractivity contribution in [3.8, 4) is 0 Å². The van der Waals surface area contributed by atoms with Crippen LogP contribution in [0.25, 0.3) is 0 Å². The summed E-state index contributed by atoms with van der Waals surface area (Å²) < 4.78 is 38.4. The van der Waals surface area contributed by atoms with Crippen LogP contribution in [-0.2, 0) is 10.0 Å². The van der Waals surface area contributed by atoms with Crippen LogP contribution in [0.2, 0.25) is 0 Å². The van der Waals surface area contributed by atoms with Gasteiger partial charge in [-0.1, -0.05) is 12.1 Å². The Balaban J connectivity index is 1.84. The van der Waals surface area contributed by atoms with E-state index in [0.29, 0.717) is 30.5 Å². The molecule has 26 heavy (non-hydrogen) atoms. The van der Waals surface area contributed by atoms with Crippen molar-refractivity contribution in [2.24, 2.45) is 10.9 Å². The molecule has 1 aliphatic heterocycles. The van der Waals surface area contributed by atoms with Crippen LogP contribution in [0.5, 0.6) is 0 Å². The summed E-state index contributed by atoms with van der Waals surface area (Å²) in [7, 11) is -1.39. The van der Waals surface area contributed by atoms with Gasteiger partial charge in [-0.3, -0.25) is 4.99 Å². The van der Waals surface area contributed by atoms with Gasteiger partial charge < -0.3 is 10.6 Å². The Labute approximate surface area is 155 Å². The molecule has 1 unspecified atom stereocenters. The molecule has 6 nitrogen and oxygen atoms in total. The third kappa shape index (κ3) is 5.67. The molecule has 0 aromatic heterocycles. The lowest BCUT2D eigenvalue weighted by Crippen LogP contribution is -2.44. The quantitative estimate of drug-likeness (QED) is 0.602. The second-order valence-electron chi connectivity index (χ2n) is 6.93. The van der Waals surface area contributed by atoms with Gasteiger partial charge in [0.2, 0.25) is 10.0 Å². The van der Waals surface area contributed by atoms with E-state index in [9.17, 15) is 12.8 Å². The van der Waals surface area contributed by atoms with Crippen LogP contribution in [0.1, 0.15) is 36.9 Å². The molecule has 1 atom stereocenters. The van der Waals surface area contributed by atoms with Gasteiger partial charge in [-0.05, 0) is 49.8 Å². The monoisotopic (exact) mass is 384 g/mol. The smallest absolute Gasteiger partial charge is 0.211 e. The fourth-order valence-electron chi connectivity index (χ4n) is 3.05. The number of benzene rings is 1. The highest BCUT2D eigenvalue weighted by Gasteiger charge is 2.24. The summed E-state index contributed by atoms with van der Waals surface area (Å²) in [6.07, 6.45) is 2.91. The van der Waals surface area contributed by atoms with Gasteiger partial charge in [0, 0.05) is 26.7 Å². The molecule has 1 saturated heterocycles. The van der Waals surface area contributed by atoms with E-state index in [1.807, 2.05) is 13.0 Å². The highest BCUT2D eigenvalue weighted by Crippen LogP contribution is 2.19. The average molecular weight is 385 g/mol. The molecule has 2 rings (SSSR count). The molecule has 0 saturated carbocycles. The fourth-order valence-corrected chi connectivity index (χ4v) is 3.92. The van der Waals surface area contributed by atoms with Crippen LogP contribution in [0.3, 0.4) is 0 Å². The molecule has 1 heterocycles. The normalized spacial score (nSPS) is 18.6. The van der Waals surface area contributed by atoms with Gasteiger partial charge in [0.25, 0.3) is 0 Å². The first-order chi connectivity index (χ1) is 12.2. The molecule has 0 amide bonds. The molecule has 0 spiro atoms. The Morgan fingerprint density at radius 1 is 1.38 bits per heavy atom. The SMILES string of the molecule is CN=C(NCC1CCN(S(C)(=O)=O)CC1)NC(C)c1ccc(C)c(F)c1. The molecule has 0 radical (unpaired) electrons. The molecular weight excluding hydrogens is 355 g/mol. The van der Waals surface area contributed by atoms with Crippen molar-refractivity contribution >= 4 is 16.0 Å². The van der Waals surface area contributed by atoms with E-state index < -0.39 is 10.0 Å². The van der Waals surface area contributed by atoms with E-state index in [4.69, 9.17) is 0 Å². The van der Waals surface area contributed by atoms with E-state index in [2.05, 4.69) is 15.6 Å². The molecule has 8 heteroatoms. The molecule has 0 bridgehead atoms. The second-order valence-corrected chi connectivity index (χ2v) is 8.92. The summed E-state index contributed by atoms with van der Waals surface area (Å²) in [4.78, 5) is 4.23. The third-order valence-corrected chi connectivity index (χ3v) is 6.18. The summed E-state index contributed by atoms with van der Waals surface area (Å²) in [5.74, 6) is 0.847. The number of rotatable bonds is 5. The minimum Gasteiger partial charge on any atom is -0.356 e. The van der Waals surface area contributed by atoms with Crippen LogP contribution in [0, 0.1) is 18.7 Å². The van der Waals surface area contributed by atoms with E-state index in [1.165, 1.54) is 10.6 Å². The van der Waals surface area contributed by atoms with Crippen molar-refractivity contribution in [1.29, 1.82) is 0 Å². The number of nitrogens with one attached hydrogen (secondary N) is 2. The van der Waals surface area contributed by atoms with Gasteiger partial charge >= 0.3 is 0 Å². The minimum absolute atomic E-state index is 0.0802. The molecule has 1 aromatic carbocycles. The number of halogens is 1. The summed E-state index contributed by atoms with van der Waals surface area (Å²) in [6.45, 7) is 5.56. The van der Waals surface area contributed by atoms with Crippen molar-refractivity contribution < 1.29 is 12.8 Å². The number of hydrogen-bond acceptors (Lipinski definition) is 3. The average Bonchev–Trinajstić information content (AvgIpc) is 2.60. The maximum absolute atomic E-state index is 13.7. The van der Waals surface area contributed by atoms with Gasteiger partial charge in [0.1, 0.15) is 5.82 Å². The Hall–Kier alpha value is -1.67.